The first-order valence-electron chi connectivity index (χ1n) is 16.9. The first kappa shape index (κ1) is 33.3. The van der Waals surface area contributed by atoms with Gasteiger partial charge in [0.15, 0.2) is 0 Å². The van der Waals surface area contributed by atoms with Gasteiger partial charge in [0.25, 0.3) is 8.32 Å². The molecule has 1 atom stereocenters. The number of anilines is 1. The Morgan fingerprint density at radius 2 is 1.55 bits per heavy atom. The van der Waals surface area contributed by atoms with Crippen molar-refractivity contribution in [1.29, 1.82) is 0 Å². The Kier molecular flexibility index (Phi) is 9.80. The SMILES string of the molecule is CC(C)(C)[Si](O[C@H]1CCCN(c2ccnc3c2c(-c2cncnc2)cn3COCC[Si](C)(C)C)C1)(c1ccccc1)c1ccccc1. The van der Waals surface area contributed by atoms with Gasteiger partial charge in [0, 0.05) is 63.7 Å². The summed E-state index contributed by atoms with van der Waals surface area (Å²) >= 11 is 0. The van der Waals surface area contributed by atoms with E-state index in [9.17, 15) is 0 Å². The zero-order chi connectivity index (χ0) is 33.1. The predicted molar refractivity (Wildman–Crippen MR) is 199 cm³/mol. The van der Waals surface area contributed by atoms with Gasteiger partial charge in [0.1, 0.15) is 18.7 Å². The average Bonchev–Trinajstić information content (AvgIpc) is 3.45. The molecule has 246 valence electrons. The minimum Gasteiger partial charge on any atom is -0.403 e. The quantitative estimate of drug-likeness (QED) is 0.109. The highest BCUT2D eigenvalue weighted by molar-refractivity contribution is 6.99. The molecule has 0 aliphatic carbocycles. The molecule has 6 rings (SSSR count). The fraction of sp³-hybridized carbons (Fsp3) is 0.395. The Morgan fingerprint density at radius 1 is 0.894 bits per heavy atom. The molecule has 4 heterocycles. The van der Waals surface area contributed by atoms with Crippen LogP contribution in [0.3, 0.4) is 0 Å². The van der Waals surface area contributed by atoms with Crippen LogP contribution in [0.4, 0.5) is 5.69 Å². The van der Waals surface area contributed by atoms with Gasteiger partial charge in [-0.25, -0.2) is 15.0 Å². The molecular formula is C38H49N5O2Si2. The van der Waals surface area contributed by atoms with Crippen molar-refractivity contribution >= 4 is 43.5 Å². The van der Waals surface area contributed by atoms with Gasteiger partial charge in [-0.05, 0) is 40.4 Å². The van der Waals surface area contributed by atoms with Gasteiger partial charge in [-0.2, -0.15) is 0 Å². The van der Waals surface area contributed by atoms with E-state index in [0.717, 1.165) is 60.7 Å². The molecule has 1 saturated heterocycles. The van der Waals surface area contributed by atoms with Crippen LogP contribution in [0.1, 0.15) is 33.6 Å². The second-order valence-corrected chi connectivity index (χ2v) is 24.9. The lowest BCUT2D eigenvalue weighted by Gasteiger charge is -2.47. The molecule has 3 aromatic heterocycles. The topological polar surface area (TPSA) is 65.3 Å². The fourth-order valence-corrected chi connectivity index (χ4v) is 12.4. The first-order chi connectivity index (χ1) is 22.6. The van der Waals surface area contributed by atoms with Crippen LogP contribution in [0.5, 0.6) is 0 Å². The molecule has 0 amide bonds. The Bertz CT molecular complexity index is 1710. The van der Waals surface area contributed by atoms with Crippen molar-refractivity contribution in [3.63, 3.8) is 0 Å². The summed E-state index contributed by atoms with van der Waals surface area (Å²) in [5.74, 6) is 0. The summed E-state index contributed by atoms with van der Waals surface area (Å²) in [6.45, 7) is 17.2. The number of nitrogens with zero attached hydrogens (tertiary/aromatic N) is 5. The summed E-state index contributed by atoms with van der Waals surface area (Å²) in [7, 11) is -3.88. The summed E-state index contributed by atoms with van der Waals surface area (Å²) in [6.07, 6.45) is 11.6. The van der Waals surface area contributed by atoms with Crippen LogP contribution in [0, 0.1) is 0 Å². The molecule has 0 N–H and O–H groups in total. The Hall–Kier alpha value is -3.64. The van der Waals surface area contributed by atoms with Crippen LogP contribution in [-0.2, 0) is 15.9 Å². The Morgan fingerprint density at radius 3 is 2.17 bits per heavy atom. The fourth-order valence-electron chi connectivity index (χ4n) is 6.95. The maximum absolute atomic E-state index is 7.63. The van der Waals surface area contributed by atoms with E-state index in [-0.39, 0.29) is 11.1 Å². The second-order valence-electron chi connectivity index (χ2n) is 15.0. The average molecular weight is 664 g/mol. The third-order valence-electron chi connectivity index (χ3n) is 9.31. The van der Waals surface area contributed by atoms with Crippen molar-refractivity contribution in [3.8, 4) is 11.1 Å². The van der Waals surface area contributed by atoms with Gasteiger partial charge in [-0.1, -0.05) is 101 Å². The zero-order valence-electron chi connectivity index (χ0n) is 28.8. The molecule has 47 heavy (non-hydrogen) atoms. The number of aromatic nitrogens is 4. The largest absolute Gasteiger partial charge is 0.403 e. The van der Waals surface area contributed by atoms with E-state index < -0.39 is 16.4 Å². The van der Waals surface area contributed by atoms with Crippen LogP contribution in [0.25, 0.3) is 22.2 Å². The van der Waals surface area contributed by atoms with Crippen molar-refractivity contribution in [3.05, 3.63) is 97.8 Å². The summed E-state index contributed by atoms with van der Waals surface area (Å²) in [5.41, 5.74) is 4.15. The number of benzene rings is 2. The van der Waals surface area contributed by atoms with Gasteiger partial charge in [0.05, 0.1) is 17.2 Å². The monoisotopic (exact) mass is 663 g/mol. The van der Waals surface area contributed by atoms with Crippen molar-refractivity contribution < 1.29 is 9.16 Å². The van der Waals surface area contributed by atoms with Gasteiger partial charge in [-0.15, -0.1) is 0 Å². The van der Waals surface area contributed by atoms with E-state index in [0.29, 0.717) is 6.73 Å². The maximum Gasteiger partial charge on any atom is 0.261 e. The van der Waals surface area contributed by atoms with Crippen LogP contribution < -0.4 is 15.3 Å². The molecule has 1 aliphatic heterocycles. The van der Waals surface area contributed by atoms with Crippen molar-refractivity contribution in [2.45, 2.75) is 77.2 Å². The summed E-state index contributed by atoms with van der Waals surface area (Å²) < 4.78 is 16.0. The summed E-state index contributed by atoms with van der Waals surface area (Å²) in [6, 6.07) is 25.2. The summed E-state index contributed by atoms with van der Waals surface area (Å²) in [5, 5.41) is 3.68. The number of pyridine rings is 1. The molecule has 0 bridgehead atoms. The predicted octanol–water partition coefficient (Wildman–Crippen LogP) is 7.35. The smallest absolute Gasteiger partial charge is 0.261 e. The molecule has 1 aliphatic rings. The molecule has 0 radical (unpaired) electrons. The number of ether oxygens (including phenoxy) is 1. The number of hydrogen-bond donors (Lipinski definition) is 0. The minimum absolute atomic E-state index is 0.0743. The summed E-state index contributed by atoms with van der Waals surface area (Å²) in [4.78, 5) is 16.1. The normalized spacial score (nSPS) is 16.1. The molecule has 7 nitrogen and oxygen atoms in total. The minimum atomic E-state index is -2.69. The van der Waals surface area contributed by atoms with E-state index in [1.54, 1.807) is 6.33 Å². The highest BCUT2D eigenvalue weighted by atomic mass is 28.4. The number of piperidine rings is 1. The number of rotatable bonds is 11. The van der Waals surface area contributed by atoms with Crippen LogP contribution in [-0.4, -0.2) is 61.7 Å². The Labute approximate surface area is 282 Å². The number of fused-ring (bicyclic) bond motifs is 1. The standard InChI is InChI=1S/C38H49N5O2Si2/c1-38(2,3)47(32-15-9-7-10-16-32,33-17-11-8-12-18-33)45-31-14-13-21-42(26-31)35-19-20-41-37-36(35)34(30-24-39-28-40-25-30)27-43(37)29-44-22-23-46(4,5)6/h7-12,15-20,24-25,27-28,31H,13-14,21-23,26,29H2,1-6H3/t31-/m0/s1. The third kappa shape index (κ3) is 7.13. The zero-order valence-corrected chi connectivity index (χ0v) is 30.8. The van der Waals surface area contributed by atoms with E-state index in [2.05, 4.69) is 133 Å². The molecule has 9 heteroatoms. The highest BCUT2D eigenvalue weighted by Crippen LogP contribution is 2.40. The lowest BCUT2D eigenvalue weighted by atomic mass is 10.0. The van der Waals surface area contributed by atoms with Gasteiger partial charge in [0.2, 0.25) is 0 Å². The van der Waals surface area contributed by atoms with Crippen LogP contribution in [0.2, 0.25) is 30.7 Å². The molecule has 5 aromatic rings. The Balaban J connectivity index is 1.37. The van der Waals surface area contributed by atoms with E-state index in [1.807, 2.05) is 18.6 Å². The molecule has 2 aromatic carbocycles. The second kappa shape index (κ2) is 13.8. The highest BCUT2D eigenvalue weighted by Gasteiger charge is 2.51. The molecule has 0 spiro atoms. The maximum atomic E-state index is 7.63. The van der Waals surface area contributed by atoms with Crippen LogP contribution >= 0.6 is 0 Å². The van der Waals surface area contributed by atoms with Crippen molar-refractivity contribution in [2.24, 2.45) is 0 Å². The number of hydrogen-bond acceptors (Lipinski definition) is 6. The molecule has 0 saturated carbocycles. The third-order valence-corrected chi connectivity index (χ3v) is 16.1. The molecule has 0 unspecified atom stereocenters. The van der Waals surface area contributed by atoms with Gasteiger partial charge >= 0.3 is 0 Å². The lowest BCUT2D eigenvalue weighted by molar-refractivity contribution is 0.0899. The van der Waals surface area contributed by atoms with E-state index >= 15 is 0 Å². The molecule has 1 fully saturated rings. The molecular weight excluding hydrogens is 615 g/mol. The van der Waals surface area contributed by atoms with E-state index in [1.165, 1.54) is 16.1 Å². The van der Waals surface area contributed by atoms with Crippen molar-refractivity contribution in [1.82, 2.24) is 19.5 Å². The van der Waals surface area contributed by atoms with Gasteiger partial charge in [-0.3, -0.25) is 0 Å². The lowest BCUT2D eigenvalue weighted by Crippen LogP contribution is -2.68. The van der Waals surface area contributed by atoms with Crippen molar-refractivity contribution in [2.75, 3.05) is 24.6 Å². The van der Waals surface area contributed by atoms with E-state index in [4.69, 9.17) is 14.1 Å². The van der Waals surface area contributed by atoms with Gasteiger partial charge < -0.3 is 18.6 Å². The van der Waals surface area contributed by atoms with Crippen LogP contribution in [0.15, 0.2) is 97.8 Å². The first-order valence-corrected chi connectivity index (χ1v) is 22.5.